The Morgan fingerprint density at radius 1 is 0.367 bits per heavy atom. The van der Waals surface area contributed by atoms with E-state index >= 15 is 0 Å². The predicted molar refractivity (Wildman–Crippen MR) is 456 cm³/mol. The number of amides is 3. The van der Waals surface area contributed by atoms with Gasteiger partial charge in [-0.1, -0.05) is 48.5 Å². The van der Waals surface area contributed by atoms with Crippen molar-refractivity contribution in [3.63, 3.8) is 0 Å². The molecule has 3 amide bonds. The van der Waals surface area contributed by atoms with Gasteiger partial charge in [0, 0.05) is 93.8 Å². The highest BCUT2D eigenvalue weighted by atomic mass is 32.2. The van der Waals surface area contributed by atoms with Crippen molar-refractivity contribution in [2.75, 3.05) is 6.26 Å². The number of carboxylic acids is 1. The first-order valence-corrected chi connectivity index (χ1v) is 39.5. The number of fused-ring (bicyclic) bond motifs is 4. The maximum Gasteiger partial charge on any atom is 0.416 e. The fourth-order valence-electron chi connectivity index (χ4n) is 12.3. The number of carbonyl (C=O) groups is 4. The van der Waals surface area contributed by atoms with Crippen LogP contribution in [-0.2, 0) is 24.7 Å². The maximum absolute atomic E-state index is 12.7. The minimum absolute atomic E-state index is 0.0185. The molecule has 0 aliphatic carbocycles. The maximum atomic E-state index is 12.7. The van der Waals surface area contributed by atoms with E-state index in [2.05, 4.69) is 61.0 Å². The zero-order valence-corrected chi connectivity index (χ0v) is 68.6. The number of H-pyrrole nitrogens is 4. The first kappa shape index (κ1) is 93.6. The molecule has 36 heteroatoms. The Labute approximate surface area is 724 Å². The summed E-state index contributed by atoms with van der Waals surface area (Å²) in [6, 6.07) is 58.0. The Balaban J connectivity index is 0.000000159. The van der Waals surface area contributed by atoms with E-state index in [9.17, 15) is 75.7 Å². The lowest BCUT2D eigenvalue weighted by atomic mass is 10.1. The number of hydrogen-bond acceptors (Lipinski definition) is 15. The number of carbonyl (C=O) groups excluding carboxylic acids is 3. The topological polar surface area (TPSA) is 315 Å². The van der Waals surface area contributed by atoms with Crippen molar-refractivity contribution in [3.05, 3.63) is 354 Å². The van der Waals surface area contributed by atoms with Crippen LogP contribution < -0.4 is 40.6 Å². The molecule has 0 saturated heterocycles. The van der Waals surface area contributed by atoms with E-state index in [4.69, 9.17) is 29.8 Å². The van der Waals surface area contributed by atoms with Crippen molar-refractivity contribution in [1.29, 1.82) is 0 Å². The van der Waals surface area contributed by atoms with Crippen LogP contribution in [-0.4, -0.2) is 80.1 Å². The lowest BCUT2D eigenvalue weighted by molar-refractivity contribution is -0.138. The van der Waals surface area contributed by atoms with Gasteiger partial charge in [0.25, 0.3) is 17.7 Å². The van der Waals surface area contributed by atoms with E-state index < -0.39 is 52.9 Å². The minimum atomic E-state index is -4.40. The molecule has 0 fully saturated rings. The summed E-state index contributed by atoms with van der Waals surface area (Å²) in [4.78, 5) is 73.9. The second-order valence-corrected chi connectivity index (χ2v) is 28.2. The van der Waals surface area contributed by atoms with Crippen LogP contribution in [0.25, 0.3) is 43.1 Å². The number of nitrogens with one attached hydrogen (secondary N) is 7. The fourth-order valence-corrected chi connectivity index (χ4v) is 12.3. The number of carboxylic acid groups (broad SMARTS) is 1. The number of aromatic nitrogens is 9. The quantitative estimate of drug-likeness (QED) is 0.0340. The summed E-state index contributed by atoms with van der Waals surface area (Å²) in [6.07, 6.45) is -4.79. The van der Waals surface area contributed by atoms with E-state index in [0.717, 1.165) is 86.7 Å². The summed E-state index contributed by atoms with van der Waals surface area (Å²) in [7, 11) is 0. The Hall–Kier alpha value is -15.1. The van der Waals surface area contributed by atoms with E-state index in [-0.39, 0.29) is 82.6 Å². The van der Waals surface area contributed by atoms with E-state index in [1.807, 2.05) is 39.0 Å². The predicted octanol–water partition coefficient (Wildman–Crippen LogP) is 24.0. The monoisotopic (exact) mass is 1790 g/mol. The molecule has 2 unspecified atom stereocenters. The van der Waals surface area contributed by atoms with Gasteiger partial charge in [0.1, 0.15) is 75.6 Å². The molecule has 0 aliphatic heterocycles. The molecule has 10 N–H and O–H groups in total. The zero-order chi connectivity index (χ0) is 92.0. The highest BCUT2D eigenvalue weighted by Crippen LogP contribution is 2.40. The van der Waals surface area contributed by atoms with Crippen LogP contribution in [0.15, 0.2) is 286 Å². The molecule has 22 nitrogen and oxygen atoms in total. The molecular weight excluding hydrogens is 1710 g/mol. The van der Waals surface area contributed by atoms with Gasteiger partial charge in [-0.3, -0.25) is 19.5 Å². The van der Waals surface area contributed by atoms with Crippen molar-refractivity contribution >= 4 is 78.9 Å². The third kappa shape index (κ3) is 25.6. The summed E-state index contributed by atoms with van der Waals surface area (Å²) in [6.45, 7) is 7.33. The van der Waals surface area contributed by atoms with Crippen molar-refractivity contribution in [1.82, 2.24) is 61.0 Å². The number of benzene rings is 12. The van der Waals surface area contributed by atoms with Crippen molar-refractivity contribution in [2.24, 2.45) is 5.73 Å². The average Bonchev–Trinajstić information content (AvgIpc) is 0.838. The molecular formula is C92H76F13N13O9S. The van der Waals surface area contributed by atoms with Crippen LogP contribution in [0.5, 0.6) is 46.0 Å². The van der Waals surface area contributed by atoms with Gasteiger partial charge >= 0.3 is 30.7 Å². The number of aromatic amines is 4. The fraction of sp³-hybridized carbons (Fsp3) is 0.141. The number of imidazole rings is 3. The SMILES string of the molecule is CC(N)c1ncc[nH]1.CC(NC(=O)c1ccc2c(Oc3ccc(C(F)(F)F)cc3)cccc2c1)c1ncc[nH]1.CSF.C[C@@H](NC(=O)c1ccc2c(Oc3ccc(C(F)(F)F)cc3)cccc2c1)c1ncc[nH]1.C[C@H](NC(=O)c1ccc2c(Oc3ccc(C(F)(F)F)cc3)cccc2c1)c1ncn[nH]1.O=C(O)c1ccc2c(Oc3ccc(C(F)(F)F)cc3)cccc2c1. The lowest BCUT2D eigenvalue weighted by Gasteiger charge is -2.13. The summed E-state index contributed by atoms with van der Waals surface area (Å²) in [5.74, 6) is 3.86. The van der Waals surface area contributed by atoms with E-state index in [1.54, 1.807) is 159 Å². The first-order valence-electron chi connectivity index (χ1n) is 38.4. The first-order chi connectivity index (χ1) is 61.0. The summed E-state index contributed by atoms with van der Waals surface area (Å²) in [5.41, 5.74) is 4.03. The number of halogens is 13. The van der Waals surface area contributed by atoms with Gasteiger partial charge in [0.05, 0.1) is 52.0 Å². The van der Waals surface area contributed by atoms with E-state index in [1.165, 1.54) is 73.2 Å². The molecule has 12 aromatic carbocycles. The molecule has 0 aliphatic rings. The standard InChI is InChI=1S/2C23H18F3N3O2.C22H17F3N4O2.C18H11F3O3.C5H9N3.CH3FS/c2*1-14(21-27-11-12-28-21)29-22(30)16-5-10-19-15(13-16)3-2-4-20(19)31-18-8-6-17(7-9-18)23(24,25)26;1-13(20-26-12-27-29-20)28-21(30)15-5-10-18-14(11-15)3-2-4-19(18)31-17-8-6-16(7-9-17)22(23,24)25;19-18(20,21)13-5-7-14(8-6-13)24-16-3-1-2-11-10-12(17(22)23)4-9-15(11)16;1-4(6)5-7-2-3-8-5;1-3-2/h2*2-14H,1H3,(H,27,28)(H,29,30);2-13H,1H3,(H,28,30)(H,26,27,29);1-10H,(H,22,23);2-4H,6H2,1H3,(H,7,8);1H3/t14-;;13-;;;/m1.0.../s1. The van der Waals surface area contributed by atoms with E-state index in [0.29, 0.717) is 67.9 Å². The molecule has 4 aromatic heterocycles. The number of ether oxygens (including phenoxy) is 4. The minimum Gasteiger partial charge on any atom is -0.478 e. The molecule has 0 saturated carbocycles. The molecule has 16 aromatic rings. The number of alkyl halides is 12. The van der Waals surface area contributed by atoms with Gasteiger partial charge in [-0.2, -0.15) is 61.7 Å². The Morgan fingerprint density at radius 2 is 0.625 bits per heavy atom. The summed E-state index contributed by atoms with van der Waals surface area (Å²) < 4.78 is 186. The second-order valence-electron chi connectivity index (χ2n) is 27.9. The van der Waals surface area contributed by atoms with Crippen LogP contribution in [0.1, 0.15) is 139 Å². The third-order valence-electron chi connectivity index (χ3n) is 18.7. The van der Waals surface area contributed by atoms with Crippen molar-refractivity contribution in [2.45, 2.75) is 76.6 Å². The molecule has 0 radical (unpaired) electrons. The largest absolute Gasteiger partial charge is 0.478 e. The highest BCUT2D eigenvalue weighted by molar-refractivity contribution is 7.93. The van der Waals surface area contributed by atoms with Gasteiger partial charge < -0.3 is 60.7 Å². The Morgan fingerprint density at radius 3 is 0.852 bits per heavy atom. The molecule has 660 valence electrons. The third-order valence-corrected chi connectivity index (χ3v) is 18.7. The van der Waals surface area contributed by atoms with Gasteiger partial charge in [0.2, 0.25) is 0 Å². The molecule has 16 rings (SSSR count). The number of rotatable bonds is 19. The van der Waals surface area contributed by atoms with Crippen LogP contribution in [0.2, 0.25) is 0 Å². The molecule has 4 atom stereocenters. The molecule has 0 spiro atoms. The molecule has 128 heavy (non-hydrogen) atoms. The Bertz CT molecular complexity index is 5910. The van der Waals surface area contributed by atoms with Gasteiger partial charge in [-0.25, -0.2) is 24.7 Å². The van der Waals surface area contributed by atoms with Gasteiger partial charge in [0.15, 0.2) is 0 Å². The van der Waals surface area contributed by atoms with Crippen LogP contribution in [0, 0.1) is 0 Å². The Kier molecular flexibility index (Phi) is 30.8. The summed E-state index contributed by atoms with van der Waals surface area (Å²) in [5, 5.41) is 29.9. The van der Waals surface area contributed by atoms with Gasteiger partial charge in [-0.15, -0.1) is 0 Å². The molecule has 4 heterocycles. The zero-order valence-electron chi connectivity index (χ0n) is 67.8. The second kappa shape index (κ2) is 42.1. The lowest BCUT2D eigenvalue weighted by Crippen LogP contribution is -2.27. The number of nitrogens with two attached hydrogens (primary N) is 1. The normalized spacial score (nSPS) is 12.2. The van der Waals surface area contributed by atoms with Gasteiger partial charge in [-0.05, 0) is 243 Å². The number of nitrogens with zero attached hydrogens (tertiary/aromatic N) is 5. The average molecular weight is 1790 g/mol. The number of aromatic carboxylic acids is 1. The number of hydrogen-bond donors (Lipinski definition) is 9. The summed E-state index contributed by atoms with van der Waals surface area (Å²) >= 11 is 0.250. The van der Waals surface area contributed by atoms with Crippen LogP contribution in [0.4, 0.5) is 56.6 Å². The molecule has 0 bridgehead atoms. The smallest absolute Gasteiger partial charge is 0.416 e. The van der Waals surface area contributed by atoms with Crippen LogP contribution in [0.3, 0.4) is 0 Å². The van der Waals surface area contributed by atoms with Crippen molar-refractivity contribution in [3.8, 4) is 46.0 Å². The highest BCUT2D eigenvalue weighted by Gasteiger charge is 2.33. The van der Waals surface area contributed by atoms with Crippen molar-refractivity contribution < 1.29 is 99.8 Å². The van der Waals surface area contributed by atoms with Crippen LogP contribution >= 0.6 is 12.1 Å².